The number of esters is 1. The van der Waals surface area contributed by atoms with Gasteiger partial charge in [-0.05, 0) is 90.8 Å². The van der Waals surface area contributed by atoms with Gasteiger partial charge in [-0.2, -0.15) is 0 Å². The first kappa shape index (κ1) is 28.1. The second-order valence-electron chi connectivity index (χ2n) is 11.8. The van der Waals surface area contributed by atoms with Gasteiger partial charge >= 0.3 is 5.97 Å². The molecule has 1 atom stereocenters. The minimum Gasteiger partial charge on any atom is -0.456 e. The predicted molar refractivity (Wildman–Crippen MR) is 164 cm³/mol. The molecule has 1 unspecified atom stereocenters. The lowest BCUT2D eigenvalue weighted by molar-refractivity contribution is 0.00706. The number of carbonyl (C=O) groups excluding carboxylic acids is 1. The van der Waals surface area contributed by atoms with E-state index in [2.05, 4.69) is 29.8 Å². The summed E-state index contributed by atoms with van der Waals surface area (Å²) in [5, 5.41) is 4.52. The zero-order chi connectivity index (χ0) is 29.8. The van der Waals surface area contributed by atoms with Gasteiger partial charge in [-0.3, -0.25) is 9.20 Å². The first-order valence-electron chi connectivity index (χ1n) is 13.8. The highest BCUT2D eigenvalue weighted by molar-refractivity contribution is 5.96. The summed E-state index contributed by atoms with van der Waals surface area (Å²) in [4.78, 5) is 36.4. The monoisotopic (exact) mass is 551 g/mol. The van der Waals surface area contributed by atoms with Crippen molar-refractivity contribution in [1.82, 2.24) is 18.9 Å². The highest BCUT2D eigenvalue weighted by Crippen LogP contribution is 2.31. The van der Waals surface area contributed by atoms with Crippen molar-refractivity contribution in [2.24, 2.45) is 7.05 Å². The minimum absolute atomic E-state index is 0.127. The summed E-state index contributed by atoms with van der Waals surface area (Å²) in [6.07, 6.45) is 3.61. The molecule has 0 amide bonds. The van der Waals surface area contributed by atoms with Crippen LogP contribution in [0.1, 0.15) is 72.0 Å². The molecule has 1 aromatic carbocycles. The average molecular weight is 552 g/mol. The molecule has 0 saturated carbocycles. The van der Waals surface area contributed by atoms with Crippen LogP contribution >= 0.6 is 0 Å². The topological polar surface area (TPSA) is 90.5 Å². The van der Waals surface area contributed by atoms with Crippen molar-refractivity contribution in [3.05, 3.63) is 92.7 Å². The zero-order valence-electron chi connectivity index (χ0n) is 25.2. The van der Waals surface area contributed by atoms with Crippen LogP contribution in [-0.2, 0) is 11.8 Å². The van der Waals surface area contributed by atoms with Crippen LogP contribution in [0.25, 0.3) is 27.9 Å². The first-order valence-corrected chi connectivity index (χ1v) is 13.8. The molecule has 5 aromatic rings. The fourth-order valence-corrected chi connectivity index (χ4v) is 5.26. The van der Waals surface area contributed by atoms with Gasteiger partial charge in [-0.15, -0.1) is 0 Å². The zero-order valence-corrected chi connectivity index (χ0v) is 25.2. The number of rotatable bonds is 5. The molecule has 0 spiro atoms. The van der Waals surface area contributed by atoms with Crippen molar-refractivity contribution in [1.29, 1.82) is 0 Å². The number of carbonyl (C=O) groups is 1. The van der Waals surface area contributed by atoms with Crippen molar-refractivity contribution in [2.45, 2.75) is 67.0 Å². The van der Waals surface area contributed by atoms with Gasteiger partial charge in [0.15, 0.2) is 0 Å². The van der Waals surface area contributed by atoms with Crippen LogP contribution in [0.2, 0.25) is 0 Å². The lowest BCUT2D eigenvalue weighted by atomic mass is 10.0. The Labute approximate surface area is 240 Å². The number of fused-ring (bicyclic) bond motifs is 2. The molecular weight excluding hydrogens is 514 g/mol. The summed E-state index contributed by atoms with van der Waals surface area (Å²) in [6, 6.07) is 11.1. The molecule has 8 heteroatoms. The Morgan fingerprint density at radius 3 is 2.44 bits per heavy atom. The van der Waals surface area contributed by atoms with E-state index in [0.29, 0.717) is 28.2 Å². The molecule has 0 aliphatic rings. The molecule has 0 aliphatic carbocycles. The van der Waals surface area contributed by atoms with Crippen molar-refractivity contribution >= 4 is 28.3 Å². The Bertz CT molecular complexity index is 1890. The highest BCUT2D eigenvalue weighted by atomic mass is 16.6. The molecule has 0 fully saturated rings. The van der Waals surface area contributed by atoms with Crippen LogP contribution in [0.4, 0.5) is 5.69 Å². The van der Waals surface area contributed by atoms with Gasteiger partial charge in [0.05, 0.1) is 17.3 Å². The molecule has 1 N–H and O–H groups in total. The van der Waals surface area contributed by atoms with Crippen LogP contribution in [0.3, 0.4) is 0 Å². The standard InChI is InChI=1S/C33H37N5O3/c1-18-14-26(21(4)35-27-13-11-10-12-24(27)32(40)41-33(6,7)8)30-36-28(20(3)31(39)38(30)17-18)23-15-25-19(2)22(5)37(9)29(25)34-16-23/h10-17,21,35H,1-9H3. The second-order valence-corrected chi connectivity index (χ2v) is 11.8. The van der Waals surface area contributed by atoms with Crippen LogP contribution in [0.15, 0.2) is 53.6 Å². The summed E-state index contributed by atoms with van der Waals surface area (Å²) in [7, 11) is 2.01. The molecule has 5 rings (SSSR count). The number of nitrogens with zero attached hydrogens (tertiary/aromatic N) is 4. The van der Waals surface area contributed by atoms with Crippen molar-refractivity contribution < 1.29 is 9.53 Å². The molecule has 41 heavy (non-hydrogen) atoms. The predicted octanol–water partition coefficient (Wildman–Crippen LogP) is 6.61. The van der Waals surface area contributed by atoms with Gasteiger partial charge in [0.1, 0.15) is 16.9 Å². The SMILES string of the molecule is Cc1cc(C(C)Nc2ccccc2C(=O)OC(C)(C)C)c2nc(-c3cnc4c(c3)c(C)c(C)n4C)c(C)c(=O)n2c1. The summed E-state index contributed by atoms with van der Waals surface area (Å²) in [5.74, 6) is -0.400. The molecule has 0 aliphatic heterocycles. The number of benzene rings is 1. The Balaban J connectivity index is 1.63. The number of hydrogen-bond donors (Lipinski definition) is 1. The van der Waals surface area contributed by atoms with Crippen LogP contribution in [0, 0.1) is 27.7 Å². The summed E-state index contributed by atoms with van der Waals surface area (Å²) in [6.45, 7) is 15.5. The first-order chi connectivity index (χ1) is 19.3. The minimum atomic E-state index is -0.614. The Morgan fingerprint density at radius 2 is 1.73 bits per heavy atom. The van der Waals surface area contributed by atoms with E-state index in [0.717, 1.165) is 39.0 Å². The molecule has 8 nitrogen and oxygen atoms in total. The number of para-hydroxylation sites is 1. The molecule has 4 aromatic heterocycles. The van der Waals surface area contributed by atoms with Crippen molar-refractivity contribution in [3.8, 4) is 11.3 Å². The lowest BCUT2D eigenvalue weighted by Gasteiger charge is -2.23. The third-order valence-corrected chi connectivity index (χ3v) is 7.61. The number of anilines is 1. The van der Waals surface area contributed by atoms with E-state index in [1.807, 2.05) is 79.1 Å². The van der Waals surface area contributed by atoms with Crippen molar-refractivity contribution in [2.75, 3.05) is 5.32 Å². The number of aromatic nitrogens is 4. The second kappa shape index (κ2) is 10.2. The van der Waals surface area contributed by atoms with E-state index in [9.17, 15) is 9.59 Å². The van der Waals surface area contributed by atoms with Crippen LogP contribution in [0.5, 0.6) is 0 Å². The van der Waals surface area contributed by atoms with E-state index < -0.39 is 11.6 Å². The van der Waals surface area contributed by atoms with Gasteiger partial charge < -0.3 is 14.6 Å². The van der Waals surface area contributed by atoms with E-state index in [1.165, 1.54) is 0 Å². The summed E-state index contributed by atoms with van der Waals surface area (Å²) in [5.41, 5.74) is 7.83. The molecule has 4 heterocycles. The van der Waals surface area contributed by atoms with Gasteiger partial charge in [-0.25, -0.2) is 14.8 Å². The normalized spacial score (nSPS) is 12.6. The summed E-state index contributed by atoms with van der Waals surface area (Å²) < 4.78 is 9.33. The Morgan fingerprint density at radius 1 is 1.02 bits per heavy atom. The highest BCUT2D eigenvalue weighted by Gasteiger charge is 2.23. The fourth-order valence-electron chi connectivity index (χ4n) is 5.26. The molecular formula is C33H37N5O3. The average Bonchev–Trinajstić information content (AvgIpc) is 3.13. The van der Waals surface area contributed by atoms with E-state index in [-0.39, 0.29) is 11.6 Å². The quantitative estimate of drug-likeness (QED) is 0.247. The largest absolute Gasteiger partial charge is 0.456 e. The van der Waals surface area contributed by atoms with Gasteiger partial charge in [-0.1, -0.05) is 12.1 Å². The van der Waals surface area contributed by atoms with Crippen LogP contribution < -0.4 is 10.9 Å². The van der Waals surface area contributed by atoms with Gasteiger partial charge in [0.2, 0.25) is 0 Å². The number of aryl methyl sites for hydroxylation is 3. The number of pyridine rings is 2. The molecule has 212 valence electrons. The van der Waals surface area contributed by atoms with Gasteiger partial charge in [0.25, 0.3) is 5.56 Å². The summed E-state index contributed by atoms with van der Waals surface area (Å²) >= 11 is 0. The lowest BCUT2D eigenvalue weighted by Crippen LogP contribution is -2.25. The fraction of sp³-hybridized carbons (Fsp3) is 0.333. The Hall–Kier alpha value is -4.46. The maximum atomic E-state index is 13.7. The third kappa shape index (κ3) is 5.10. The van der Waals surface area contributed by atoms with E-state index in [1.54, 1.807) is 16.7 Å². The van der Waals surface area contributed by atoms with Gasteiger partial charge in [0, 0.05) is 52.9 Å². The number of nitrogens with one attached hydrogen (secondary N) is 1. The third-order valence-electron chi connectivity index (χ3n) is 7.61. The molecule has 0 saturated heterocycles. The molecule has 0 bridgehead atoms. The number of ether oxygens (including phenoxy) is 1. The Kier molecular flexibility index (Phi) is 6.97. The number of hydrogen-bond acceptors (Lipinski definition) is 6. The van der Waals surface area contributed by atoms with E-state index >= 15 is 0 Å². The maximum absolute atomic E-state index is 13.7. The van der Waals surface area contributed by atoms with E-state index in [4.69, 9.17) is 14.7 Å². The maximum Gasteiger partial charge on any atom is 0.340 e. The van der Waals surface area contributed by atoms with Crippen molar-refractivity contribution in [3.63, 3.8) is 0 Å². The molecule has 0 radical (unpaired) electrons. The smallest absolute Gasteiger partial charge is 0.340 e. The van der Waals surface area contributed by atoms with Crippen LogP contribution in [-0.4, -0.2) is 30.5 Å².